The predicted octanol–water partition coefficient (Wildman–Crippen LogP) is 5.21. The smallest absolute Gasteiger partial charge is 0.322 e. The van der Waals surface area contributed by atoms with E-state index in [-0.39, 0.29) is 21.8 Å². The van der Waals surface area contributed by atoms with Gasteiger partial charge in [0, 0.05) is 23.7 Å². The van der Waals surface area contributed by atoms with Crippen molar-refractivity contribution in [2.24, 2.45) is 0 Å². The highest BCUT2D eigenvalue weighted by atomic mass is 32.2. The van der Waals surface area contributed by atoms with Crippen molar-refractivity contribution in [3.05, 3.63) is 96.2 Å². The Bertz CT molecular complexity index is 1450. The van der Waals surface area contributed by atoms with Crippen LogP contribution >= 0.6 is 0 Å². The van der Waals surface area contributed by atoms with E-state index < -0.39 is 27.5 Å². The summed E-state index contributed by atoms with van der Waals surface area (Å²) in [5.74, 6) is -0.663. The molecular formula is C24H18F3N3O3S. The summed E-state index contributed by atoms with van der Waals surface area (Å²) >= 11 is 0. The van der Waals surface area contributed by atoms with Crippen molar-refractivity contribution in [1.29, 1.82) is 0 Å². The van der Waals surface area contributed by atoms with E-state index in [1.54, 1.807) is 24.3 Å². The number of nitrogens with zero attached hydrogens (tertiary/aromatic N) is 2. The van der Waals surface area contributed by atoms with Crippen molar-refractivity contribution >= 4 is 21.4 Å². The number of halogens is 3. The molecule has 0 aliphatic rings. The van der Waals surface area contributed by atoms with Crippen LogP contribution in [-0.4, -0.2) is 30.4 Å². The molecule has 0 bridgehead atoms. The SMILES string of the molecule is CS(=O)(=O)c1ccc(-c2nn(-c3ccccc3)cc2C(=O)Nc2cccc(C(F)(F)F)c2)cc1. The van der Waals surface area contributed by atoms with Crippen LogP contribution in [0.15, 0.2) is 90.0 Å². The second-order valence-electron chi connectivity index (χ2n) is 7.50. The molecule has 0 radical (unpaired) electrons. The Labute approximate surface area is 193 Å². The normalized spacial score (nSPS) is 11.9. The van der Waals surface area contributed by atoms with Crippen molar-refractivity contribution in [3.63, 3.8) is 0 Å². The molecule has 4 rings (SSSR count). The van der Waals surface area contributed by atoms with Gasteiger partial charge in [0.05, 0.1) is 21.7 Å². The molecule has 6 nitrogen and oxygen atoms in total. The maximum Gasteiger partial charge on any atom is 0.416 e. The zero-order valence-corrected chi connectivity index (χ0v) is 18.6. The maximum atomic E-state index is 13.1. The highest BCUT2D eigenvalue weighted by molar-refractivity contribution is 7.90. The van der Waals surface area contributed by atoms with Gasteiger partial charge in [0.2, 0.25) is 0 Å². The fourth-order valence-corrected chi connectivity index (χ4v) is 3.93. The van der Waals surface area contributed by atoms with Crippen molar-refractivity contribution in [2.45, 2.75) is 11.1 Å². The number of alkyl halides is 3. The molecule has 0 unspecified atom stereocenters. The average Bonchev–Trinajstić information content (AvgIpc) is 3.25. The zero-order valence-electron chi connectivity index (χ0n) is 17.7. The summed E-state index contributed by atoms with van der Waals surface area (Å²) in [6.45, 7) is 0. The molecule has 0 saturated carbocycles. The minimum atomic E-state index is -4.55. The summed E-state index contributed by atoms with van der Waals surface area (Å²) < 4.78 is 64.2. The Kier molecular flexibility index (Phi) is 6.01. The van der Waals surface area contributed by atoms with Crippen molar-refractivity contribution in [3.8, 4) is 16.9 Å². The van der Waals surface area contributed by atoms with Crippen molar-refractivity contribution < 1.29 is 26.4 Å². The zero-order chi connectivity index (χ0) is 24.5. The monoisotopic (exact) mass is 485 g/mol. The molecule has 1 heterocycles. The van der Waals surface area contributed by atoms with Gasteiger partial charge in [-0.1, -0.05) is 36.4 Å². The lowest BCUT2D eigenvalue weighted by atomic mass is 10.1. The van der Waals surface area contributed by atoms with Crippen molar-refractivity contribution in [1.82, 2.24) is 9.78 Å². The number of aromatic nitrogens is 2. The number of rotatable bonds is 5. The van der Waals surface area contributed by atoms with Crippen molar-refractivity contribution in [2.75, 3.05) is 11.6 Å². The molecule has 1 aromatic heterocycles. The topological polar surface area (TPSA) is 81.1 Å². The summed E-state index contributed by atoms with van der Waals surface area (Å²) in [5, 5.41) is 6.98. The molecule has 3 aromatic carbocycles. The summed E-state index contributed by atoms with van der Waals surface area (Å²) in [7, 11) is -3.42. The first-order valence-corrected chi connectivity index (χ1v) is 11.9. The molecule has 0 aliphatic carbocycles. The lowest BCUT2D eigenvalue weighted by Crippen LogP contribution is -2.13. The van der Waals surface area contributed by atoms with E-state index in [1.807, 2.05) is 6.07 Å². The van der Waals surface area contributed by atoms with Crippen LogP contribution in [0.5, 0.6) is 0 Å². The summed E-state index contributed by atoms with van der Waals surface area (Å²) in [5.41, 5.74) is 0.570. The Morgan fingerprint density at radius 2 is 1.62 bits per heavy atom. The van der Waals surface area contributed by atoms with Crippen LogP contribution in [0, 0.1) is 0 Å². The van der Waals surface area contributed by atoms with Gasteiger partial charge in [0.15, 0.2) is 9.84 Å². The number of para-hydroxylation sites is 1. The predicted molar refractivity (Wildman–Crippen MR) is 122 cm³/mol. The summed E-state index contributed by atoms with van der Waals surface area (Å²) in [4.78, 5) is 13.2. The van der Waals surface area contributed by atoms with E-state index in [1.165, 1.54) is 47.3 Å². The highest BCUT2D eigenvalue weighted by Crippen LogP contribution is 2.31. The number of carbonyl (C=O) groups excluding carboxylic acids is 1. The lowest BCUT2D eigenvalue weighted by molar-refractivity contribution is -0.137. The van der Waals surface area contributed by atoms with Crippen LogP contribution in [0.25, 0.3) is 16.9 Å². The molecule has 174 valence electrons. The van der Waals surface area contributed by atoms with E-state index >= 15 is 0 Å². The van der Waals surface area contributed by atoms with Gasteiger partial charge < -0.3 is 5.32 Å². The van der Waals surface area contributed by atoms with Crippen LogP contribution in [0.3, 0.4) is 0 Å². The first-order valence-electron chi connectivity index (χ1n) is 9.96. The van der Waals surface area contributed by atoms with Crippen LogP contribution in [0.1, 0.15) is 15.9 Å². The molecule has 1 amide bonds. The van der Waals surface area contributed by atoms with Gasteiger partial charge in [-0.2, -0.15) is 18.3 Å². The number of amides is 1. The number of sulfone groups is 1. The van der Waals surface area contributed by atoms with E-state index in [4.69, 9.17) is 0 Å². The Morgan fingerprint density at radius 3 is 2.24 bits per heavy atom. The van der Waals surface area contributed by atoms with E-state index in [0.717, 1.165) is 18.4 Å². The number of anilines is 1. The molecule has 34 heavy (non-hydrogen) atoms. The van der Waals surface area contributed by atoms with Gasteiger partial charge >= 0.3 is 6.18 Å². The highest BCUT2D eigenvalue weighted by Gasteiger charge is 2.30. The van der Waals surface area contributed by atoms with Gasteiger partial charge in [-0.25, -0.2) is 13.1 Å². The minimum absolute atomic E-state index is 0.0225. The first-order chi connectivity index (χ1) is 16.0. The Hall–Kier alpha value is -3.92. The first kappa shape index (κ1) is 23.2. The van der Waals surface area contributed by atoms with Gasteiger partial charge in [-0.15, -0.1) is 0 Å². The van der Waals surface area contributed by atoms with Gasteiger partial charge in [-0.3, -0.25) is 4.79 Å². The van der Waals surface area contributed by atoms with Crippen LogP contribution < -0.4 is 5.32 Å². The Balaban J connectivity index is 1.75. The van der Waals surface area contributed by atoms with Crippen LogP contribution in [-0.2, 0) is 16.0 Å². The second-order valence-corrected chi connectivity index (χ2v) is 9.52. The number of nitrogens with one attached hydrogen (secondary N) is 1. The molecule has 1 N–H and O–H groups in total. The van der Waals surface area contributed by atoms with E-state index in [2.05, 4.69) is 10.4 Å². The van der Waals surface area contributed by atoms with Gasteiger partial charge in [0.25, 0.3) is 5.91 Å². The molecule has 10 heteroatoms. The van der Waals surface area contributed by atoms with Crippen LogP contribution in [0.4, 0.5) is 18.9 Å². The third-order valence-corrected chi connectivity index (χ3v) is 6.11. The number of benzene rings is 3. The quantitative estimate of drug-likeness (QED) is 0.421. The minimum Gasteiger partial charge on any atom is -0.322 e. The molecule has 0 aliphatic heterocycles. The number of hydrogen-bond donors (Lipinski definition) is 1. The largest absolute Gasteiger partial charge is 0.416 e. The second kappa shape index (κ2) is 8.79. The molecule has 0 fully saturated rings. The molecule has 4 aromatic rings. The van der Waals surface area contributed by atoms with E-state index in [0.29, 0.717) is 11.3 Å². The molecule has 0 atom stereocenters. The molecular weight excluding hydrogens is 467 g/mol. The molecule has 0 saturated heterocycles. The number of carbonyl (C=O) groups is 1. The maximum absolute atomic E-state index is 13.1. The third kappa shape index (κ3) is 5.01. The molecule has 0 spiro atoms. The fraction of sp³-hybridized carbons (Fsp3) is 0.0833. The van der Waals surface area contributed by atoms with Gasteiger partial charge in [0.1, 0.15) is 5.69 Å². The third-order valence-electron chi connectivity index (χ3n) is 4.98. The average molecular weight is 485 g/mol. The van der Waals surface area contributed by atoms with E-state index in [9.17, 15) is 26.4 Å². The summed E-state index contributed by atoms with van der Waals surface area (Å²) in [6.07, 6.45) is -2.00. The Morgan fingerprint density at radius 1 is 0.941 bits per heavy atom. The lowest BCUT2D eigenvalue weighted by Gasteiger charge is -2.10. The standard InChI is InChI=1S/C24H18F3N3O3S/c1-34(32,33)20-12-10-16(11-13-20)22-21(15-30(29-22)19-8-3-2-4-9-19)23(31)28-18-7-5-6-17(14-18)24(25,26)27/h2-15H,1H3,(H,28,31). The van der Waals surface area contributed by atoms with Crippen LogP contribution in [0.2, 0.25) is 0 Å². The number of hydrogen-bond acceptors (Lipinski definition) is 4. The fourth-order valence-electron chi connectivity index (χ4n) is 3.30. The summed E-state index contributed by atoms with van der Waals surface area (Å²) in [6, 6.07) is 19.1. The van der Waals surface area contributed by atoms with Gasteiger partial charge in [-0.05, 0) is 42.5 Å².